The fraction of sp³-hybridized carbons (Fsp3) is 0.400. The van der Waals surface area contributed by atoms with Gasteiger partial charge in [0.05, 0.1) is 24.1 Å². The molecule has 0 radical (unpaired) electrons. The lowest BCUT2D eigenvalue weighted by Gasteiger charge is -2.11. The lowest BCUT2D eigenvalue weighted by Crippen LogP contribution is -2.03. The van der Waals surface area contributed by atoms with Crippen molar-refractivity contribution in [3.63, 3.8) is 0 Å². The van der Waals surface area contributed by atoms with E-state index in [0.717, 1.165) is 0 Å². The first-order chi connectivity index (χ1) is 7.11. The van der Waals surface area contributed by atoms with E-state index in [2.05, 4.69) is 4.98 Å². The Balaban J connectivity index is 3.32. The fourth-order valence-electron chi connectivity index (χ4n) is 1.38. The van der Waals surface area contributed by atoms with Gasteiger partial charge in [0, 0.05) is 11.8 Å². The van der Waals surface area contributed by atoms with Crippen LogP contribution in [0.3, 0.4) is 0 Å². The highest BCUT2D eigenvalue weighted by atomic mass is 35.5. The number of rotatable bonds is 3. The second-order valence-corrected chi connectivity index (χ2v) is 3.31. The van der Waals surface area contributed by atoms with E-state index in [0.29, 0.717) is 11.3 Å². The van der Waals surface area contributed by atoms with E-state index >= 15 is 0 Å². The molecular formula is C10H9ClF2N2. The van der Waals surface area contributed by atoms with E-state index in [-0.39, 0.29) is 23.4 Å². The maximum atomic E-state index is 12.7. The molecular weight excluding hydrogens is 222 g/mol. The minimum Gasteiger partial charge on any atom is -0.259 e. The zero-order valence-corrected chi connectivity index (χ0v) is 8.85. The van der Waals surface area contributed by atoms with Crippen molar-refractivity contribution in [3.05, 3.63) is 28.6 Å². The summed E-state index contributed by atoms with van der Waals surface area (Å²) in [5, 5.41) is 8.49. The van der Waals surface area contributed by atoms with Gasteiger partial charge in [0.15, 0.2) is 0 Å². The summed E-state index contributed by atoms with van der Waals surface area (Å²) in [6.45, 7) is 1.55. The molecule has 0 saturated heterocycles. The van der Waals surface area contributed by atoms with Crippen molar-refractivity contribution in [2.75, 3.05) is 0 Å². The smallest absolute Gasteiger partial charge is 0.259 e. The Morgan fingerprint density at radius 2 is 2.27 bits per heavy atom. The van der Waals surface area contributed by atoms with Crippen LogP contribution in [0.2, 0.25) is 0 Å². The van der Waals surface area contributed by atoms with Crippen LogP contribution in [0.15, 0.2) is 6.20 Å². The molecule has 1 heterocycles. The topological polar surface area (TPSA) is 36.7 Å². The molecule has 0 unspecified atom stereocenters. The molecule has 0 atom stereocenters. The number of hydrogen-bond donors (Lipinski definition) is 0. The summed E-state index contributed by atoms with van der Waals surface area (Å²) in [5.74, 6) is 0.0956. The van der Waals surface area contributed by atoms with Gasteiger partial charge in [-0.15, -0.1) is 11.6 Å². The summed E-state index contributed by atoms with van der Waals surface area (Å²) in [5.41, 5.74) is 0.988. The first kappa shape index (κ1) is 11.9. The number of halogens is 3. The molecule has 0 spiro atoms. The van der Waals surface area contributed by atoms with Gasteiger partial charge in [0.25, 0.3) is 6.43 Å². The molecule has 0 saturated carbocycles. The first-order valence-corrected chi connectivity index (χ1v) is 4.83. The second-order valence-electron chi connectivity index (χ2n) is 3.04. The van der Waals surface area contributed by atoms with Crippen LogP contribution >= 0.6 is 11.6 Å². The maximum absolute atomic E-state index is 12.7. The first-order valence-electron chi connectivity index (χ1n) is 4.30. The number of aromatic nitrogens is 1. The largest absolute Gasteiger partial charge is 0.264 e. The van der Waals surface area contributed by atoms with Gasteiger partial charge in [-0.3, -0.25) is 4.98 Å². The van der Waals surface area contributed by atoms with Gasteiger partial charge in [-0.05, 0) is 18.1 Å². The summed E-state index contributed by atoms with van der Waals surface area (Å²) in [7, 11) is 0. The van der Waals surface area contributed by atoms with Crippen molar-refractivity contribution in [1.29, 1.82) is 5.26 Å². The third-order valence-corrected chi connectivity index (χ3v) is 2.43. The molecule has 0 amide bonds. The second kappa shape index (κ2) is 5.04. The zero-order chi connectivity index (χ0) is 11.4. The summed E-state index contributed by atoms with van der Waals surface area (Å²) in [6.07, 6.45) is -1.36. The molecule has 0 aliphatic carbocycles. The lowest BCUT2D eigenvalue weighted by atomic mass is 10.0. The Morgan fingerprint density at radius 3 is 2.73 bits per heavy atom. The molecule has 1 aromatic heterocycles. The molecule has 80 valence electrons. The SMILES string of the molecule is Cc1c(CCl)ncc(CC#N)c1C(F)F. The van der Waals surface area contributed by atoms with E-state index in [9.17, 15) is 8.78 Å². The molecule has 15 heavy (non-hydrogen) atoms. The number of alkyl halides is 3. The van der Waals surface area contributed by atoms with Gasteiger partial charge in [-0.1, -0.05) is 0 Å². The number of hydrogen-bond acceptors (Lipinski definition) is 2. The summed E-state index contributed by atoms with van der Waals surface area (Å²) in [6, 6.07) is 1.84. The molecule has 5 heteroatoms. The standard InChI is InChI=1S/C10H9ClF2N2/c1-6-8(4-11)15-5-7(2-3-14)9(6)10(12)13/h5,10H,2,4H2,1H3. The predicted octanol–water partition coefficient (Wildman–Crippen LogP) is 3.13. The maximum Gasteiger partial charge on any atom is 0.264 e. The molecule has 0 bridgehead atoms. The van der Waals surface area contributed by atoms with Crippen LogP contribution in [0, 0.1) is 18.3 Å². The quantitative estimate of drug-likeness (QED) is 0.748. The van der Waals surface area contributed by atoms with Crippen LogP contribution in [0.4, 0.5) is 8.78 Å². The lowest BCUT2D eigenvalue weighted by molar-refractivity contribution is 0.149. The highest BCUT2D eigenvalue weighted by Crippen LogP contribution is 2.28. The molecule has 1 rings (SSSR count). The predicted molar refractivity (Wildman–Crippen MR) is 52.8 cm³/mol. The Morgan fingerprint density at radius 1 is 1.60 bits per heavy atom. The van der Waals surface area contributed by atoms with Crippen LogP contribution in [0.5, 0.6) is 0 Å². The van der Waals surface area contributed by atoms with Gasteiger partial charge >= 0.3 is 0 Å². The van der Waals surface area contributed by atoms with Crippen LogP contribution in [-0.2, 0) is 12.3 Å². The summed E-state index contributed by atoms with van der Waals surface area (Å²) < 4.78 is 25.5. The van der Waals surface area contributed by atoms with Crippen LogP contribution in [-0.4, -0.2) is 4.98 Å². The third-order valence-electron chi connectivity index (χ3n) is 2.17. The van der Waals surface area contributed by atoms with Gasteiger partial charge in [-0.2, -0.15) is 5.26 Å². The monoisotopic (exact) mass is 230 g/mol. The van der Waals surface area contributed by atoms with Gasteiger partial charge in [0.1, 0.15) is 0 Å². The van der Waals surface area contributed by atoms with E-state index in [1.165, 1.54) is 6.20 Å². The van der Waals surface area contributed by atoms with E-state index < -0.39 is 6.43 Å². The van der Waals surface area contributed by atoms with Gasteiger partial charge in [0.2, 0.25) is 0 Å². The van der Waals surface area contributed by atoms with Crippen molar-refractivity contribution in [2.24, 2.45) is 0 Å². The Kier molecular flexibility index (Phi) is 3.98. The fourth-order valence-corrected chi connectivity index (χ4v) is 1.65. The highest BCUT2D eigenvalue weighted by molar-refractivity contribution is 6.17. The van der Waals surface area contributed by atoms with Gasteiger partial charge < -0.3 is 0 Å². The van der Waals surface area contributed by atoms with Crippen molar-refractivity contribution >= 4 is 11.6 Å². The highest BCUT2D eigenvalue weighted by Gasteiger charge is 2.18. The zero-order valence-electron chi connectivity index (χ0n) is 8.10. The van der Waals surface area contributed by atoms with Crippen molar-refractivity contribution in [3.8, 4) is 6.07 Å². The average Bonchev–Trinajstić information content (AvgIpc) is 2.18. The Bertz CT molecular complexity index is 399. The summed E-state index contributed by atoms with van der Waals surface area (Å²) in [4.78, 5) is 3.94. The van der Waals surface area contributed by atoms with E-state index in [1.54, 1.807) is 6.92 Å². The molecule has 1 aromatic rings. The average molecular weight is 231 g/mol. The molecule has 0 aliphatic rings. The van der Waals surface area contributed by atoms with Crippen molar-refractivity contribution in [2.45, 2.75) is 25.7 Å². The molecule has 0 fully saturated rings. The van der Waals surface area contributed by atoms with Crippen LogP contribution in [0.1, 0.15) is 28.8 Å². The number of nitriles is 1. The molecule has 0 aromatic carbocycles. The minimum atomic E-state index is -2.60. The van der Waals surface area contributed by atoms with Gasteiger partial charge in [-0.25, -0.2) is 8.78 Å². The van der Waals surface area contributed by atoms with Crippen molar-refractivity contribution < 1.29 is 8.78 Å². The Labute approximate surface area is 91.5 Å². The Hall–Kier alpha value is -1.21. The van der Waals surface area contributed by atoms with Crippen molar-refractivity contribution in [1.82, 2.24) is 4.98 Å². The number of nitrogens with zero attached hydrogens (tertiary/aromatic N) is 2. The molecule has 0 aliphatic heterocycles. The van der Waals surface area contributed by atoms with Crippen LogP contribution in [0.25, 0.3) is 0 Å². The van der Waals surface area contributed by atoms with Crippen LogP contribution < -0.4 is 0 Å². The molecule has 0 N–H and O–H groups in total. The van der Waals surface area contributed by atoms with E-state index in [1.807, 2.05) is 6.07 Å². The van der Waals surface area contributed by atoms with E-state index in [4.69, 9.17) is 16.9 Å². The third kappa shape index (κ3) is 2.42. The number of pyridine rings is 1. The summed E-state index contributed by atoms with van der Waals surface area (Å²) >= 11 is 5.57. The molecule has 2 nitrogen and oxygen atoms in total. The normalized spacial score (nSPS) is 10.4. The minimum absolute atomic E-state index is 0.0594.